The number of nitrogens with zero attached hydrogens (tertiary/aromatic N) is 2. The number of hydrogen-bond donors (Lipinski definition) is 1. The van der Waals surface area contributed by atoms with Crippen LogP contribution in [0.5, 0.6) is 0 Å². The molecule has 1 heterocycles. The highest BCUT2D eigenvalue weighted by molar-refractivity contribution is 5.75. The van der Waals surface area contributed by atoms with Crippen molar-refractivity contribution < 1.29 is 9.90 Å². The molecule has 0 radical (unpaired) electrons. The van der Waals surface area contributed by atoms with Crippen LogP contribution >= 0.6 is 0 Å². The lowest BCUT2D eigenvalue weighted by molar-refractivity contribution is -0.153. The Morgan fingerprint density at radius 1 is 1.53 bits per heavy atom. The van der Waals surface area contributed by atoms with Gasteiger partial charge in [-0.15, -0.1) is 0 Å². The van der Waals surface area contributed by atoms with Crippen LogP contribution in [0.4, 0.5) is 0 Å². The summed E-state index contributed by atoms with van der Waals surface area (Å²) in [5, 5.41) is 18.6. The van der Waals surface area contributed by atoms with E-state index >= 15 is 0 Å². The van der Waals surface area contributed by atoms with E-state index in [-0.39, 0.29) is 5.41 Å². The SMILES string of the molecule is CCCC1(C(=O)O)CCCN(CCC(C)(C)C#N)C1. The average molecular weight is 266 g/mol. The Morgan fingerprint density at radius 3 is 2.74 bits per heavy atom. The normalized spacial score (nSPS) is 24.9. The van der Waals surface area contributed by atoms with E-state index in [0.717, 1.165) is 45.2 Å². The molecular formula is C15H26N2O2. The fourth-order valence-electron chi connectivity index (χ4n) is 2.88. The maximum absolute atomic E-state index is 11.6. The van der Waals surface area contributed by atoms with Crippen molar-refractivity contribution in [2.45, 2.75) is 52.9 Å². The standard InChI is InChI=1S/C15H26N2O2/c1-4-6-15(13(18)19)7-5-9-17(12-15)10-8-14(2,3)11-16/h4-10,12H2,1-3H3,(H,18,19). The molecule has 19 heavy (non-hydrogen) atoms. The zero-order chi connectivity index (χ0) is 14.5. The highest BCUT2D eigenvalue weighted by Gasteiger charge is 2.41. The topological polar surface area (TPSA) is 64.3 Å². The quantitative estimate of drug-likeness (QED) is 0.803. The van der Waals surface area contributed by atoms with E-state index in [1.54, 1.807) is 0 Å². The second-order valence-electron chi connectivity index (χ2n) is 6.46. The van der Waals surface area contributed by atoms with Gasteiger partial charge in [-0.2, -0.15) is 5.26 Å². The number of aliphatic carboxylic acids is 1. The molecule has 1 aliphatic heterocycles. The summed E-state index contributed by atoms with van der Waals surface area (Å²) < 4.78 is 0. The minimum absolute atomic E-state index is 0.325. The number of likely N-dealkylation sites (tertiary alicyclic amines) is 1. The molecule has 1 unspecified atom stereocenters. The third kappa shape index (κ3) is 4.21. The van der Waals surface area contributed by atoms with E-state index in [0.29, 0.717) is 6.54 Å². The first kappa shape index (κ1) is 16.0. The van der Waals surface area contributed by atoms with Crippen LogP contribution in [0.3, 0.4) is 0 Å². The van der Waals surface area contributed by atoms with Gasteiger partial charge in [-0.05, 0) is 52.6 Å². The zero-order valence-corrected chi connectivity index (χ0v) is 12.4. The van der Waals surface area contributed by atoms with Crippen LogP contribution < -0.4 is 0 Å². The molecule has 4 nitrogen and oxygen atoms in total. The number of hydrogen-bond acceptors (Lipinski definition) is 3. The van der Waals surface area contributed by atoms with Crippen molar-refractivity contribution in [3.8, 4) is 6.07 Å². The Labute approximate surface area is 116 Å². The van der Waals surface area contributed by atoms with Gasteiger partial charge in [0.25, 0.3) is 0 Å². The van der Waals surface area contributed by atoms with Crippen LogP contribution in [0.1, 0.15) is 52.9 Å². The molecule has 1 N–H and O–H groups in total. The predicted octanol–water partition coefficient (Wildman–Crippen LogP) is 2.89. The van der Waals surface area contributed by atoms with Crippen molar-refractivity contribution in [3.63, 3.8) is 0 Å². The van der Waals surface area contributed by atoms with Crippen LogP contribution in [-0.4, -0.2) is 35.6 Å². The first-order chi connectivity index (χ1) is 8.85. The van der Waals surface area contributed by atoms with Gasteiger partial charge in [0, 0.05) is 6.54 Å². The fourth-order valence-corrected chi connectivity index (χ4v) is 2.88. The number of carboxylic acid groups (broad SMARTS) is 1. The van der Waals surface area contributed by atoms with Crippen LogP contribution in [0.2, 0.25) is 0 Å². The maximum atomic E-state index is 11.6. The van der Waals surface area contributed by atoms with E-state index in [4.69, 9.17) is 5.26 Å². The Balaban J connectivity index is 2.63. The summed E-state index contributed by atoms with van der Waals surface area (Å²) in [6.07, 6.45) is 4.18. The van der Waals surface area contributed by atoms with Gasteiger partial charge in [0.15, 0.2) is 0 Å². The van der Waals surface area contributed by atoms with Crippen LogP contribution in [0.25, 0.3) is 0 Å². The minimum atomic E-state index is -0.654. The molecule has 1 aliphatic rings. The lowest BCUT2D eigenvalue weighted by Gasteiger charge is -2.40. The van der Waals surface area contributed by atoms with Gasteiger partial charge in [-0.1, -0.05) is 13.3 Å². The lowest BCUT2D eigenvalue weighted by Crippen LogP contribution is -2.48. The third-order valence-corrected chi connectivity index (χ3v) is 4.19. The smallest absolute Gasteiger partial charge is 0.310 e. The molecule has 0 bridgehead atoms. The van der Waals surface area contributed by atoms with Crippen molar-refractivity contribution in [1.29, 1.82) is 5.26 Å². The minimum Gasteiger partial charge on any atom is -0.481 e. The molecule has 4 heteroatoms. The van der Waals surface area contributed by atoms with Crippen LogP contribution in [0.15, 0.2) is 0 Å². The first-order valence-electron chi connectivity index (χ1n) is 7.22. The summed E-state index contributed by atoms with van der Waals surface area (Å²) in [7, 11) is 0. The van der Waals surface area contributed by atoms with Crippen molar-refractivity contribution in [3.05, 3.63) is 0 Å². The van der Waals surface area contributed by atoms with Crippen LogP contribution in [-0.2, 0) is 4.79 Å². The molecule has 1 rings (SSSR count). The molecule has 1 saturated heterocycles. The maximum Gasteiger partial charge on any atom is 0.310 e. The second-order valence-corrected chi connectivity index (χ2v) is 6.46. The predicted molar refractivity (Wildman–Crippen MR) is 74.7 cm³/mol. The Hall–Kier alpha value is -1.08. The van der Waals surface area contributed by atoms with E-state index in [2.05, 4.69) is 11.0 Å². The molecule has 0 saturated carbocycles. The third-order valence-electron chi connectivity index (χ3n) is 4.19. The second kappa shape index (κ2) is 6.38. The molecule has 0 amide bonds. The number of carbonyl (C=O) groups is 1. The van der Waals surface area contributed by atoms with Crippen molar-refractivity contribution in [1.82, 2.24) is 4.90 Å². The van der Waals surface area contributed by atoms with E-state index in [9.17, 15) is 9.90 Å². The number of carboxylic acids is 1. The number of nitriles is 1. The molecule has 0 aromatic carbocycles. The van der Waals surface area contributed by atoms with Crippen molar-refractivity contribution in [2.24, 2.45) is 10.8 Å². The summed E-state index contributed by atoms with van der Waals surface area (Å²) in [5.41, 5.74) is -0.891. The molecule has 0 aromatic heterocycles. The molecule has 0 aromatic rings. The van der Waals surface area contributed by atoms with E-state index < -0.39 is 11.4 Å². The highest BCUT2D eigenvalue weighted by Crippen LogP contribution is 2.35. The molecular weight excluding hydrogens is 240 g/mol. The zero-order valence-electron chi connectivity index (χ0n) is 12.4. The Kier molecular flexibility index (Phi) is 5.37. The summed E-state index contributed by atoms with van der Waals surface area (Å²) in [4.78, 5) is 13.8. The Morgan fingerprint density at radius 2 is 2.21 bits per heavy atom. The fraction of sp³-hybridized carbons (Fsp3) is 0.867. The van der Waals surface area contributed by atoms with E-state index in [1.165, 1.54) is 0 Å². The van der Waals surface area contributed by atoms with Gasteiger partial charge in [0.2, 0.25) is 0 Å². The van der Waals surface area contributed by atoms with Gasteiger partial charge in [0.1, 0.15) is 0 Å². The van der Waals surface area contributed by atoms with Gasteiger partial charge in [-0.3, -0.25) is 4.79 Å². The number of piperidine rings is 1. The van der Waals surface area contributed by atoms with Gasteiger partial charge in [-0.25, -0.2) is 0 Å². The van der Waals surface area contributed by atoms with Gasteiger partial charge >= 0.3 is 5.97 Å². The molecule has 0 spiro atoms. The van der Waals surface area contributed by atoms with E-state index in [1.807, 2.05) is 20.8 Å². The molecule has 1 fully saturated rings. The number of rotatable bonds is 6. The Bertz CT molecular complexity index is 356. The van der Waals surface area contributed by atoms with Crippen molar-refractivity contribution >= 4 is 5.97 Å². The summed E-state index contributed by atoms with van der Waals surface area (Å²) in [6.45, 7) is 8.33. The first-order valence-corrected chi connectivity index (χ1v) is 7.22. The average Bonchev–Trinajstić information content (AvgIpc) is 2.37. The van der Waals surface area contributed by atoms with Gasteiger partial charge in [0.05, 0.1) is 16.9 Å². The highest BCUT2D eigenvalue weighted by atomic mass is 16.4. The van der Waals surface area contributed by atoms with Crippen LogP contribution in [0, 0.1) is 22.2 Å². The lowest BCUT2D eigenvalue weighted by atomic mass is 9.76. The summed E-state index contributed by atoms with van der Waals surface area (Å²) >= 11 is 0. The largest absolute Gasteiger partial charge is 0.481 e. The molecule has 108 valence electrons. The molecule has 1 atom stereocenters. The molecule has 0 aliphatic carbocycles. The van der Waals surface area contributed by atoms with Gasteiger partial charge < -0.3 is 10.0 Å². The van der Waals surface area contributed by atoms with Crippen molar-refractivity contribution in [2.75, 3.05) is 19.6 Å². The summed E-state index contributed by atoms with van der Waals surface area (Å²) in [5.74, 6) is -0.654. The summed E-state index contributed by atoms with van der Waals surface area (Å²) in [6, 6.07) is 2.31. The monoisotopic (exact) mass is 266 g/mol.